The van der Waals surface area contributed by atoms with E-state index in [9.17, 15) is 14.7 Å². The first-order chi connectivity index (χ1) is 13.5. The molecular weight excluding hydrogens is 384 g/mol. The standard InChI is InChI=1S/C19H24N2O6S/c1-25-15-4-3-5-16(26-2)18(15)27-11-14(22)10-21-17(23)6-8-20-19(24)13-7-9-28-12-13/h3-5,7,9,12,14,22H,6,8,10-11H2,1-2H3,(H,20,24)(H,21,23). The van der Waals surface area contributed by atoms with Crippen molar-refractivity contribution in [3.63, 3.8) is 0 Å². The van der Waals surface area contributed by atoms with Crippen molar-refractivity contribution in [1.29, 1.82) is 0 Å². The Balaban J connectivity index is 1.69. The molecule has 1 aromatic carbocycles. The molecule has 9 heteroatoms. The van der Waals surface area contributed by atoms with Gasteiger partial charge in [-0.3, -0.25) is 9.59 Å². The van der Waals surface area contributed by atoms with Crippen LogP contribution in [0.25, 0.3) is 0 Å². The van der Waals surface area contributed by atoms with Crippen molar-refractivity contribution in [1.82, 2.24) is 10.6 Å². The van der Waals surface area contributed by atoms with E-state index in [1.807, 2.05) is 5.38 Å². The number of rotatable bonds is 11. The molecule has 2 rings (SSSR count). The van der Waals surface area contributed by atoms with Gasteiger partial charge in [0, 0.05) is 30.5 Å². The average Bonchev–Trinajstić information content (AvgIpc) is 3.25. The summed E-state index contributed by atoms with van der Waals surface area (Å²) in [5.74, 6) is 0.857. The molecule has 0 aliphatic carbocycles. The van der Waals surface area contributed by atoms with E-state index in [4.69, 9.17) is 14.2 Å². The van der Waals surface area contributed by atoms with Crippen LogP contribution in [0.5, 0.6) is 17.2 Å². The highest BCUT2D eigenvalue weighted by Gasteiger charge is 2.14. The predicted molar refractivity (Wildman–Crippen MR) is 105 cm³/mol. The molecule has 0 spiro atoms. The van der Waals surface area contributed by atoms with Gasteiger partial charge < -0.3 is 30.0 Å². The minimum Gasteiger partial charge on any atom is -0.493 e. The van der Waals surface area contributed by atoms with Crippen LogP contribution in [-0.2, 0) is 4.79 Å². The second kappa shape index (κ2) is 11.2. The number of para-hydroxylation sites is 1. The highest BCUT2D eigenvalue weighted by Crippen LogP contribution is 2.36. The smallest absolute Gasteiger partial charge is 0.252 e. The summed E-state index contributed by atoms with van der Waals surface area (Å²) in [6.07, 6.45) is -0.803. The van der Waals surface area contributed by atoms with Crippen LogP contribution in [0, 0.1) is 0 Å². The maximum Gasteiger partial charge on any atom is 0.252 e. The summed E-state index contributed by atoms with van der Waals surface area (Å²) in [6, 6.07) is 6.91. The Morgan fingerprint density at radius 1 is 1.14 bits per heavy atom. The number of ether oxygens (including phenoxy) is 3. The van der Waals surface area contributed by atoms with Gasteiger partial charge in [0.25, 0.3) is 5.91 Å². The lowest BCUT2D eigenvalue weighted by molar-refractivity contribution is -0.121. The predicted octanol–water partition coefficient (Wildman–Crippen LogP) is 1.44. The van der Waals surface area contributed by atoms with Crippen molar-refractivity contribution in [2.24, 2.45) is 0 Å². The topological polar surface area (TPSA) is 106 Å². The Labute approximate surface area is 167 Å². The summed E-state index contributed by atoms with van der Waals surface area (Å²) in [6.45, 7) is 0.187. The molecule has 152 valence electrons. The molecule has 0 aliphatic heterocycles. The fraction of sp³-hybridized carbons (Fsp3) is 0.368. The third-order valence-corrected chi connectivity index (χ3v) is 4.44. The molecule has 28 heavy (non-hydrogen) atoms. The zero-order chi connectivity index (χ0) is 20.4. The normalized spacial score (nSPS) is 11.4. The summed E-state index contributed by atoms with van der Waals surface area (Å²) in [7, 11) is 3.02. The fourth-order valence-corrected chi connectivity index (χ4v) is 2.94. The van der Waals surface area contributed by atoms with E-state index in [1.165, 1.54) is 25.6 Å². The van der Waals surface area contributed by atoms with E-state index in [-0.39, 0.29) is 37.9 Å². The molecule has 1 aromatic heterocycles. The SMILES string of the molecule is COc1cccc(OC)c1OCC(O)CNC(=O)CCNC(=O)c1ccsc1. The number of hydrogen-bond donors (Lipinski definition) is 3. The molecule has 0 bridgehead atoms. The van der Waals surface area contributed by atoms with E-state index < -0.39 is 6.10 Å². The molecule has 0 saturated heterocycles. The molecule has 8 nitrogen and oxygen atoms in total. The first kappa shape index (κ1) is 21.5. The van der Waals surface area contributed by atoms with Crippen LogP contribution in [-0.4, -0.2) is 56.9 Å². The summed E-state index contributed by atoms with van der Waals surface area (Å²) in [5, 5.41) is 18.9. The molecule has 0 aliphatic rings. The van der Waals surface area contributed by atoms with Crippen molar-refractivity contribution in [3.8, 4) is 17.2 Å². The number of hydrogen-bond acceptors (Lipinski definition) is 7. The van der Waals surface area contributed by atoms with Gasteiger partial charge in [0.05, 0.1) is 14.2 Å². The molecule has 0 fully saturated rings. The van der Waals surface area contributed by atoms with Gasteiger partial charge in [-0.25, -0.2) is 0 Å². The Morgan fingerprint density at radius 3 is 2.46 bits per heavy atom. The van der Waals surface area contributed by atoms with E-state index in [0.29, 0.717) is 22.8 Å². The van der Waals surface area contributed by atoms with Gasteiger partial charge in [0.1, 0.15) is 12.7 Å². The van der Waals surface area contributed by atoms with Crippen LogP contribution >= 0.6 is 11.3 Å². The van der Waals surface area contributed by atoms with Gasteiger partial charge in [-0.05, 0) is 23.6 Å². The van der Waals surface area contributed by atoms with Gasteiger partial charge in [-0.1, -0.05) is 6.07 Å². The Bertz CT molecular complexity index is 744. The summed E-state index contributed by atoms with van der Waals surface area (Å²) >= 11 is 1.43. The number of benzene rings is 1. The average molecular weight is 408 g/mol. The molecule has 3 N–H and O–H groups in total. The van der Waals surface area contributed by atoms with E-state index >= 15 is 0 Å². The lowest BCUT2D eigenvalue weighted by atomic mass is 10.3. The van der Waals surface area contributed by atoms with Crippen molar-refractivity contribution in [2.75, 3.05) is 33.9 Å². The highest BCUT2D eigenvalue weighted by atomic mass is 32.1. The van der Waals surface area contributed by atoms with Crippen LogP contribution in [0.2, 0.25) is 0 Å². The zero-order valence-electron chi connectivity index (χ0n) is 15.8. The number of aliphatic hydroxyl groups is 1. The molecule has 2 aromatic rings. The lowest BCUT2D eigenvalue weighted by Gasteiger charge is -2.17. The maximum absolute atomic E-state index is 11.8. The summed E-state index contributed by atoms with van der Waals surface area (Å²) in [4.78, 5) is 23.6. The minimum absolute atomic E-state index is 0.0226. The quantitative estimate of drug-likeness (QED) is 0.520. The molecule has 1 heterocycles. The van der Waals surface area contributed by atoms with E-state index in [2.05, 4.69) is 10.6 Å². The number of carbonyl (C=O) groups excluding carboxylic acids is 2. The Hall–Kier alpha value is -2.78. The van der Waals surface area contributed by atoms with Gasteiger partial charge >= 0.3 is 0 Å². The van der Waals surface area contributed by atoms with Crippen LogP contribution in [0.3, 0.4) is 0 Å². The monoisotopic (exact) mass is 408 g/mol. The number of nitrogens with one attached hydrogen (secondary N) is 2. The number of thiophene rings is 1. The number of amides is 2. The summed E-state index contributed by atoms with van der Waals surface area (Å²) < 4.78 is 16.0. The Kier molecular flexibility index (Phi) is 8.57. The van der Waals surface area contributed by atoms with Crippen molar-refractivity contribution >= 4 is 23.2 Å². The van der Waals surface area contributed by atoms with Gasteiger partial charge in [0.2, 0.25) is 11.7 Å². The van der Waals surface area contributed by atoms with Crippen molar-refractivity contribution < 1.29 is 28.9 Å². The van der Waals surface area contributed by atoms with Crippen LogP contribution in [0.1, 0.15) is 16.8 Å². The first-order valence-electron chi connectivity index (χ1n) is 8.64. The number of carbonyl (C=O) groups is 2. The van der Waals surface area contributed by atoms with Gasteiger partial charge in [-0.2, -0.15) is 11.3 Å². The van der Waals surface area contributed by atoms with Crippen molar-refractivity contribution in [2.45, 2.75) is 12.5 Å². The third-order valence-electron chi connectivity index (χ3n) is 3.76. The van der Waals surface area contributed by atoms with E-state index in [1.54, 1.807) is 29.6 Å². The molecule has 1 atom stereocenters. The fourth-order valence-electron chi connectivity index (χ4n) is 2.30. The van der Waals surface area contributed by atoms with Gasteiger partial charge in [-0.15, -0.1) is 0 Å². The van der Waals surface area contributed by atoms with Crippen LogP contribution in [0.4, 0.5) is 0 Å². The largest absolute Gasteiger partial charge is 0.493 e. The molecule has 0 saturated carbocycles. The second-order valence-electron chi connectivity index (χ2n) is 5.78. The lowest BCUT2D eigenvalue weighted by Crippen LogP contribution is -2.37. The minimum atomic E-state index is -0.918. The Morgan fingerprint density at radius 2 is 1.86 bits per heavy atom. The number of methoxy groups -OCH3 is 2. The van der Waals surface area contributed by atoms with Crippen LogP contribution < -0.4 is 24.8 Å². The zero-order valence-corrected chi connectivity index (χ0v) is 16.6. The maximum atomic E-state index is 11.8. The first-order valence-corrected chi connectivity index (χ1v) is 9.58. The van der Waals surface area contributed by atoms with E-state index in [0.717, 1.165) is 0 Å². The molecule has 2 amide bonds. The molecular formula is C19H24N2O6S. The third kappa shape index (κ3) is 6.43. The molecule has 1 unspecified atom stereocenters. The second-order valence-corrected chi connectivity index (χ2v) is 6.56. The van der Waals surface area contributed by atoms with Crippen molar-refractivity contribution in [3.05, 3.63) is 40.6 Å². The van der Waals surface area contributed by atoms with Gasteiger partial charge in [0.15, 0.2) is 11.5 Å². The molecule has 0 radical (unpaired) electrons. The summed E-state index contributed by atoms with van der Waals surface area (Å²) in [5.41, 5.74) is 0.574. The highest BCUT2D eigenvalue weighted by molar-refractivity contribution is 7.08. The van der Waals surface area contributed by atoms with Crippen LogP contribution in [0.15, 0.2) is 35.0 Å². The number of aliphatic hydroxyl groups excluding tert-OH is 1.